The third-order valence-electron chi connectivity index (χ3n) is 4.23. The lowest BCUT2D eigenvalue weighted by Crippen LogP contribution is -2.48. The Kier molecular flexibility index (Phi) is 5.37. The van der Waals surface area contributed by atoms with Gasteiger partial charge in [-0.2, -0.15) is 0 Å². The van der Waals surface area contributed by atoms with E-state index in [4.69, 9.17) is 0 Å². The minimum atomic E-state index is -0.389. The fraction of sp³-hybridized carbons (Fsp3) is 0.857. The Morgan fingerprint density at radius 3 is 3.00 bits per heavy atom. The molecule has 2 fully saturated rings. The summed E-state index contributed by atoms with van der Waals surface area (Å²) in [6.07, 6.45) is 3.25. The fourth-order valence-corrected chi connectivity index (χ4v) is 2.92. The van der Waals surface area contributed by atoms with Gasteiger partial charge >= 0.3 is 0 Å². The average Bonchev–Trinajstić information content (AvgIpc) is 2.76. The molecule has 3 atom stereocenters. The van der Waals surface area contributed by atoms with Crippen molar-refractivity contribution in [1.82, 2.24) is 15.5 Å². The molecule has 2 rings (SSSR count). The second-order valence-corrected chi connectivity index (χ2v) is 5.93. The average molecular weight is 283 g/mol. The van der Waals surface area contributed by atoms with E-state index in [1.54, 1.807) is 6.92 Å². The van der Waals surface area contributed by atoms with E-state index in [2.05, 4.69) is 10.6 Å². The van der Waals surface area contributed by atoms with Gasteiger partial charge in [0.25, 0.3) is 0 Å². The fourth-order valence-electron chi connectivity index (χ4n) is 2.92. The van der Waals surface area contributed by atoms with Gasteiger partial charge in [0.05, 0.1) is 12.6 Å². The lowest BCUT2D eigenvalue weighted by molar-refractivity contribution is -0.129. The molecule has 6 nitrogen and oxygen atoms in total. The van der Waals surface area contributed by atoms with Crippen molar-refractivity contribution in [2.45, 2.75) is 44.8 Å². The van der Waals surface area contributed by atoms with Gasteiger partial charge < -0.3 is 15.7 Å². The molecule has 2 aliphatic heterocycles. The molecule has 0 unspecified atom stereocenters. The Balaban J connectivity index is 1.76. The van der Waals surface area contributed by atoms with Crippen molar-refractivity contribution in [1.29, 1.82) is 0 Å². The lowest BCUT2D eigenvalue weighted by Gasteiger charge is -2.19. The van der Waals surface area contributed by atoms with Crippen molar-refractivity contribution in [3.8, 4) is 0 Å². The van der Waals surface area contributed by atoms with Gasteiger partial charge in [-0.3, -0.25) is 14.5 Å². The summed E-state index contributed by atoms with van der Waals surface area (Å²) < 4.78 is 0. The zero-order chi connectivity index (χ0) is 14.5. The smallest absolute Gasteiger partial charge is 0.242 e. The van der Waals surface area contributed by atoms with Gasteiger partial charge in [-0.05, 0) is 45.1 Å². The van der Waals surface area contributed by atoms with E-state index in [9.17, 15) is 14.7 Å². The highest BCUT2D eigenvalue weighted by atomic mass is 16.3. The van der Waals surface area contributed by atoms with Gasteiger partial charge in [0.2, 0.25) is 11.8 Å². The van der Waals surface area contributed by atoms with E-state index in [0.717, 1.165) is 32.4 Å². The summed E-state index contributed by atoms with van der Waals surface area (Å²) in [5, 5.41) is 15.2. The zero-order valence-corrected chi connectivity index (χ0v) is 12.1. The second kappa shape index (κ2) is 7.04. The number of aliphatic hydroxyl groups excluding tert-OH is 1. The molecule has 0 bridgehead atoms. The van der Waals surface area contributed by atoms with Gasteiger partial charge in [-0.1, -0.05) is 0 Å². The van der Waals surface area contributed by atoms with E-state index in [0.29, 0.717) is 19.5 Å². The maximum Gasteiger partial charge on any atom is 0.242 e. The Hall–Kier alpha value is -1.14. The molecule has 0 aromatic rings. The standard InChI is InChI=1S/C14H25N3O3/c1-10(18)11-5-7-17(8-11)9-13(19)16-12-4-2-3-6-15-14(12)20/h10-12,18H,2-9H2,1H3,(H,15,20)(H,16,19)/t10-,11+,12+/m0/s1. The summed E-state index contributed by atoms with van der Waals surface area (Å²) in [6, 6.07) is -0.389. The first-order valence-corrected chi connectivity index (χ1v) is 7.54. The molecule has 0 spiro atoms. The molecule has 2 saturated heterocycles. The minimum absolute atomic E-state index is 0.0703. The highest BCUT2D eigenvalue weighted by Gasteiger charge is 2.28. The van der Waals surface area contributed by atoms with E-state index in [1.807, 2.05) is 4.90 Å². The summed E-state index contributed by atoms with van der Waals surface area (Å²) in [7, 11) is 0. The first kappa shape index (κ1) is 15.3. The number of carbonyl (C=O) groups excluding carboxylic acids is 2. The van der Waals surface area contributed by atoms with Crippen LogP contribution in [0.3, 0.4) is 0 Å². The maximum atomic E-state index is 12.0. The Morgan fingerprint density at radius 2 is 2.30 bits per heavy atom. The Bertz CT molecular complexity index is 360. The molecule has 0 aliphatic carbocycles. The molecule has 0 aromatic heterocycles. The van der Waals surface area contributed by atoms with E-state index in [1.165, 1.54) is 0 Å². The largest absolute Gasteiger partial charge is 0.393 e. The van der Waals surface area contributed by atoms with Gasteiger partial charge in [-0.25, -0.2) is 0 Å². The van der Waals surface area contributed by atoms with Crippen molar-refractivity contribution in [3.63, 3.8) is 0 Å². The van der Waals surface area contributed by atoms with Crippen LogP contribution in [0.25, 0.3) is 0 Å². The van der Waals surface area contributed by atoms with E-state index < -0.39 is 0 Å². The van der Waals surface area contributed by atoms with Crippen molar-refractivity contribution in [2.75, 3.05) is 26.2 Å². The highest BCUT2D eigenvalue weighted by Crippen LogP contribution is 2.19. The van der Waals surface area contributed by atoms with Gasteiger partial charge in [0, 0.05) is 13.1 Å². The van der Waals surface area contributed by atoms with Crippen molar-refractivity contribution < 1.29 is 14.7 Å². The summed E-state index contributed by atoms with van der Waals surface area (Å²) in [5.41, 5.74) is 0. The number of carbonyl (C=O) groups is 2. The number of hydrogen-bond donors (Lipinski definition) is 3. The molecule has 2 heterocycles. The summed E-state index contributed by atoms with van der Waals surface area (Å²) in [5.74, 6) is 0.0846. The first-order chi connectivity index (χ1) is 9.56. The predicted octanol–water partition coefficient (Wildman–Crippen LogP) is -0.526. The van der Waals surface area contributed by atoms with Crippen LogP contribution in [-0.2, 0) is 9.59 Å². The quantitative estimate of drug-likeness (QED) is 0.648. The highest BCUT2D eigenvalue weighted by molar-refractivity contribution is 5.88. The van der Waals surface area contributed by atoms with Crippen molar-refractivity contribution in [3.05, 3.63) is 0 Å². The number of amides is 2. The molecule has 2 amide bonds. The Labute approximate surface area is 119 Å². The van der Waals surface area contributed by atoms with Gasteiger partial charge in [0.1, 0.15) is 6.04 Å². The number of nitrogens with zero attached hydrogens (tertiary/aromatic N) is 1. The Morgan fingerprint density at radius 1 is 1.50 bits per heavy atom. The molecule has 0 saturated carbocycles. The minimum Gasteiger partial charge on any atom is -0.393 e. The van der Waals surface area contributed by atoms with Crippen LogP contribution in [0, 0.1) is 5.92 Å². The summed E-state index contributed by atoms with van der Waals surface area (Å²) in [4.78, 5) is 25.8. The SMILES string of the molecule is C[C@H](O)[C@@H]1CCN(CC(=O)N[C@@H]2CCCCNC2=O)C1. The normalized spacial score (nSPS) is 29.6. The van der Waals surface area contributed by atoms with Gasteiger partial charge in [-0.15, -0.1) is 0 Å². The first-order valence-electron chi connectivity index (χ1n) is 7.54. The van der Waals surface area contributed by atoms with Crippen LogP contribution >= 0.6 is 0 Å². The number of aliphatic hydroxyl groups is 1. The lowest BCUT2D eigenvalue weighted by atomic mass is 10.0. The summed E-state index contributed by atoms with van der Waals surface area (Å²) >= 11 is 0. The number of hydrogen-bond acceptors (Lipinski definition) is 4. The van der Waals surface area contributed by atoms with Crippen LogP contribution in [0.4, 0.5) is 0 Å². The molecule has 0 radical (unpaired) electrons. The maximum absolute atomic E-state index is 12.0. The molecule has 2 aliphatic rings. The number of rotatable bonds is 4. The zero-order valence-electron chi connectivity index (χ0n) is 12.1. The second-order valence-electron chi connectivity index (χ2n) is 5.93. The monoisotopic (exact) mass is 283 g/mol. The van der Waals surface area contributed by atoms with E-state index >= 15 is 0 Å². The topological polar surface area (TPSA) is 81.7 Å². The number of nitrogens with one attached hydrogen (secondary N) is 2. The molecule has 20 heavy (non-hydrogen) atoms. The third kappa shape index (κ3) is 4.18. The molecule has 3 N–H and O–H groups in total. The molecular formula is C14H25N3O3. The third-order valence-corrected chi connectivity index (χ3v) is 4.23. The van der Waals surface area contributed by atoms with Crippen LogP contribution in [0.15, 0.2) is 0 Å². The van der Waals surface area contributed by atoms with Gasteiger partial charge in [0.15, 0.2) is 0 Å². The van der Waals surface area contributed by atoms with Crippen LogP contribution in [-0.4, -0.2) is 60.1 Å². The number of likely N-dealkylation sites (tertiary alicyclic amines) is 1. The van der Waals surface area contributed by atoms with Crippen molar-refractivity contribution in [2.24, 2.45) is 5.92 Å². The van der Waals surface area contributed by atoms with E-state index in [-0.39, 0.29) is 29.9 Å². The molecule has 0 aromatic carbocycles. The van der Waals surface area contributed by atoms with Crippen LogP contribution in [0.5, 0.6) is 0 Å². The molecular weight excluding hydrogens is 258 g/mol. The van der Waals surface area contributed by atoms with Crippen LogP contribution in [0.2, 0.25) is 0 Å². The van der Waals surface area contributed by atoms with Crippen LogP contribution < -0.4 is 10.6 Å². The molecule has 6 heteroatoms. The van der Waals surface area contributed by atoms with Crippen molar-refractivity contribution >= 4 is 11.8 Å². The summed E-state index contributed by atoms with van der Waals surface area (Å²) in [6.45, 7) is 4.40. The molecule has 114 valence electrons. The van der Waals surface area contributed by atoms with Crippen LogP contribution in [0.1, 0.15) is 32.6 Å². The predicted molar refractivity (Wildman–Crippen MR) is 75.0 cm³/mol.